The molecule has 0 fully saturated rings. The van der Waals surface area contributed by atoms with Crippen LogP contribution in [0.3, 0.4) is 0 Å². The standard InChI is InChI=1S/C47H33N5/c1-47(34-18-8-3-9-19-34)49-40(32-16-6-2-7-17-32)31-44(50-47)52-41-25-13-5-12-22-37(41)38-24-14-23-36(46(38)52)33-27-28-39-43(30-33)51(35-20-10-4-11-21-35)42-26-15-29-48-45(39)42/h2-12,14-31,49H,1H3. The Morgan fingerprint density at radius 3 is 2.31 bits per heavy atom. The van der Waals surface area contributed by atoms with Crippen LogP contribution in [0.25, 0.3) is 67.5 Å². The molecule has 2 aliphatic rings. The van der Waals surface area contributed by atoms with Crippen LogP contribution in [0.4, 0.5) is 0 Å². The van der Waals surface area contributed by atoms with Gasteiger partial charge in [0.25, 0.3) is 0 Å². The third-order valence-corrected chi connectivity index (χ3v) is 10.2. The molecule has 3 aromatic heterocycles. The number of pyridine rings is 1. The third kappa shape index (κ3) is 4.72. The molecule has 246 valence electrons. The van der Waals surface area contributed by atoms with Gasteiger partial charge in [0.2, 0.25) is 0 Å². The van der Waals surface area contributed by atoms with E-state index in [2.05, 4.69) is 179 Å². The summed E-state index contributed by atoms with van der Waals surface area (Å²) >= 11 is 0. The van der Waals surface area contributed by atoms with Crippen molar-refractivity contribution in [2.24, 2.45) is 4.99 Å². The Balaban J connectivity index is 1.27. The van der Waals surface area contributed by atoms with Crippen molar-refractivity contribution in [3.63, 3.8) is 0 Å². The minimum absolute atomic E-state index is 0.725. The number of nitrogens with zero attached hydrogens (tertiary/aromatic N) is 4. The number of hydrogen-bond donors (Lipinski definition) is 1. The van der Waals surface area contributed by atoms with Gasteiger partial charge in [-0.2, -0.15) is 0 Å². The van der Waals surface area contributed by atoms with Gasteiger partial charge >= 0.3 is 0 Å². The lowest BCUT2D eigenvalue weighted by molar-refractivity contribution is 0.445. The lowest BCUT2D eigenvalue weighted by atomic mass is 9.98. The van der Waals surface area contributed by atoms with Gasteiger partial charge in [-0.05, 0) is 66.1 Å². The second-order valence-corrected chi connectivity index (χ2v) is 13.4. The first-order chi connectivity index (χ1) is 25.7. The predicted molar refractivity (Wildman–Crippen MR) is 215 cm³/mol. The van der Waals surface area contributed by atoms with Crippen molar-refractivity contribution in [2.75, 3.05) is 0 Å². The van der Waals surface area contributed by atoms with E-state index in [4.69, 9.17) is 9.98 Å². The summed E-state index contributed by atoms with van der Waals surface area (Å²) in [5.74, 6) is 0.847. The van der Waals surface area contributed by atoms with Gasteiger partial charge in [-0.15, -0.1) is 5.73 Å². The van der Waals surface area contributed by atoms with Crippen molar-refractivity contribution in [1.82, 2.24) is 19.4 Å². The van der Waals surface area contributed by atoms with E-state index in [1.54, 1.807) is 0 Å². The molecule has 5 heteroatoms. The molecule has 1 unspecified atom stereocenters. The van der Waals surface area contributed by atoms with Crippen LogP contribution >= 0.6 is 0 Å². The molecule has 1 aliphatic heterocycles. The Kier molecular flexibility index (Phi) is 6.82. The van der Waals surface area contributed by atoms with E-state index in [0.717, 1.165) is 83.6 Å². The minimum Gasteiger partial charge on any atom is -0.357 e. The Morgan fingerprint density at radius 2 is 1.48 bits per heavy atom. The summed E-state index contributed by atoms with van der Waals surface area (Å²) < 4.78 is 4.66. The van der Waals surface area contributed by atoms with E-state index >= 15 is 0 Å². The number of aromatic nitrogens is 3. The van der Waals surface area contributed by atoms with Gasteiger partial charge in [0.1, 0.15) is 5.84 Å². The van der Waals surface area contributed by atoms with E-state index in [1.165, 1.54) is 0 Å². The average molecular weight is 668 g/mol. The molecule has 0 saturated carbocycles. The molecule has 8 aromatic rings. The number of benzene rings is 5. The van der Waals surface area contributed by atoms with Gasteiger partial charge in [-0.1, -0.05) is 115 Å². The molecule has 4 heterocycles. The first-order valence-corrected chi connectivity index (χ1v) is 17.6. The van der Waals surface area contributed by atoms with E-state index < -0.39 is 5.66 Å². The van der Waals surface area contributed by atoms with Crippen LogP contribution < -0.4 is 5.32 Å². The number of fused-ring (bicyclic) bond motifs is 6. The molecule has 0 bridgehead atoms. The first-order valence-electron chi connectivity index (χ1n) is 17.6. The van der Waals surface area contributed by atoms with Crippen molar-refractivity contribution < 1.29 is 0 Å². The van der Waals surface area contributed by atoms with Crippen LogP contribution in [0, 0.1) is 0 Å². The summed E-state index contributed by atoms with van der Waals surface area (Å²) in [6, 6.07) is 49.1. The number of nitrogens with one attached hydrogen (secondary N) is 1. The van der Waals surface area contributed by atoms with Crippen LogP contribution in [-0.2, 0) is 5.66 Å². The summed E-state index contributed by atoms with van der Waals surface area (Å²) in [5, 5.41) is 6.07. The molecule has 5 aromatic carbocycles. The fraction of sp³-hybridized carbons (Fsp3) is 0.0426. The Hall–Kier alpha value is -6.94. The highest BCUT2D eigenvalue weighted by Crippen LogP contribution is 2.41. The lowest BCUT2D eigenvalue weighted by Gasteiger charge is -2.34. The van der Waals surface area contributed by atoms with E-state index in [9.17, 15) is 0 Å². The fourth-order valence-electron chi connectivity index (χ4n) is 7.85. The van der Waals surface area contributed by atoms with Gasteiger partial charge in [-0.3, -0.25) is 9.55 Å². The Labute approximate surface area is 301 Å². The van der Waals surface area contributed by atoms with Crippen LogP contribution in [0.2, 0.25) is 0 Å². The number of para-hydroxylation sites is 2. The first kappa shape index (κ1) is 29.9. The number of rotatable bonds is 4. The second-order valence-electron chi connectivity index (χ2n) is 13.4. The van der Waals surface area contributed by atoms with Crippen LogP contribution in [0.5, 0.6) is 0 Å². The van der Waals surface area contributed by atoms with E-state index in [0.29, 0.717) is 0 Å². The molecular weight excluding hydrogens is 635 g/mol. The maximum Gasteiger partial charge on any atom is 0.155 e. The van der Waals surface area contributed by atoms with Crippen molar-refractivity contribution in [3.8, 4) is 16.8 Å². The monoisotopic (exact) mass is 667 g/mol. The molecular formula is C47H33N5. The molecule has 0 amide bonds. The highest BCUT2D eigenvalue weighted by molar-refractivity contribution is 6.15. The van der Waals surface area contributed by atoms with Gasteiger partial charge < -0.3 is 9.88 Å². The third-order valence-electron chi connectivity index (χ3n) is 10.2. The Bertz CT molecular complexity index is 2850. The fourth-order valence-corrected chi connectivity index (χ4v) is 7.85. The largest absolute Gasteiger partial charge is 0.357 e. The summed E-state index contributed by atoms with van der Waals surface area (Å²) in [6.07, 6.45) is 12.4. The van der Waals surface area contributed by atoms with Crippen LogP contribution in [0.15, 0.2) is 175 Å². The summed E-state index contributed by atoms with van der Waals surface area (Å²) in [7, 11) is 0. The quantitative estimate of drug-likeness (QED) is 0.190. The molecule has 0 spiro atoms. The topological polar surface area (TPSA) is 47.1 Å². The van der Waals surface area contributed by atoms with Crippen LogP contribution in [0.1, 0.15) is 29.3 Å². The average Bonchev–Trinajstić information content (AvgIpc) is 3.58. The Morgan fingerprint density at radius 1 is 0.692 bits per heavy atom. The predicted octanol–water partition coefficient (Wildman–Crippen LogP) is 10.8. The summed E-state index contributed by atoms with van der Waals surface area (Å²) in [5.41, 5.74) is 15.7. The molecule has 52 heavy (non-hydrogen) atoms. The smallest absolute Gasteiger partial charge is 0.155 e. The van der Waals surface area contributed by atoms with Crippen molar-refractivity contribution in [3.05, 3.63) is 192 Å². The lowest BCUT2D eigenvalue weighted by Crippen LogP contribution is -2.41. The van der Waals surface area contributed by atoms with Crippen molar-refractivity contribution in [2.45, 2.75) is 12.6 Å². The zero-order chi connectivity index (χ0) is 34.6. The molecule has 5 nitrogen and oxygen atoms in total. The van der Waals surface area contributed by atoms with Crippen LogP contribution in [-0.4, -0.2) is 20.0 Å². The molecule has 0 radical (unpaired) electrons. The zero-order valence-corrected chi connectivity index (χ0v) is 28.5. The second kappa shape index (κ2) is 11.8. The molecule has 1 atom stereocenters. The van der Waals surface area contributed by atoms with Gasteiger partial charge in [-0.25, -0.2) is 4.99 Å². The molecule has 1 N–H and O–H groups in total. The maximum absolute atomic E-state index is 5.56. The minimum atomic E-state index is -0.725. The number of hydrogen-bond acceptors (Lipinski definition) is 3. The SMILES string of the molecule is CC1(c2ccccc2)N=C(n2c3c(c4cccc(-c5ccc6c7ncccc7n(-c7ccccc7)c6c5)c42)C=CC=C=C3)C=C(c2ccccc2)N1. The summed E-state index contributed by atoms with van der Waals surface area (Å²) in [4.78, 5) is 10.4. The van der Waals surface area contributed by atoms with Crippen molar-refractivity contribution >= 4 is 56.5 Å². The highest BCUT2D eigenvalue weighted by Gasteiger charge is 2.33. The number of aliphatic imine (C=N–C) groups is 1. The maximum atomic E-state index is 5.56. The summed E-state index contributed by atoms with van der Waals surface area (Å²) in [6.45, 7) is 2.16. The number of allylic oxidation sites excluding steroid dienone is 3. The van der Waals surface area contributed by atoms with E-state index in [1.807, 2.05) is 24.4 Å². The molecule has 10 rings (SSSR count). The van der Waals surface area contributed by atoms with Gasteiger partial charge in [0.15, 0.2) is 5.66 Å². The normalized spacial score (nSPS) is 16.5. The zero-order valence-electron chi connectivity index (χ0n) is 28.5. The van der Waals surface area contributed by atoms with Gasteiger partial charge in [0.05, 0.1) is 27.8 Å². The highest BCUT2D eigenvalue weighted by atomic mass is 15.2. The molecule has 1 aliphatic carbocycles. The molecule has 0 saturated heterocycles. The van der Waals surface area contributed by atoms with E-state index in [-0.39, 0.29) is 0 Å². The van der Waals surface area contributed by atoms with Crippen molar-refractivity contribution in [1.29, 1.82) is 0 Å². The van der Waals surface area contributed by atoms with Gasteiger partial charge in [0, 0.05) is 51.6 Å².